The Hall–Kier alpha value is -1.54. The van der Waals surface area contributed by atoms with Gasteiger partial charge in [0.2, 0.25) is 0 Å². The van der Waals surface area contributed by atoms with Crippen molar-refractivity contribution in [1.29, 1.82) is 5.26 Å². The molecule has 0 unspecified atom stereocenters. The van der Waals surface area contributed by atoms with E-state index in [0.717, 1.165) is 31.7 Å². The Kier molecular flexibility index (Phi) is 2.23. The average molecular weight is 246 g/mol. The Balaban J connectivity index is 1.87. The van der Waals surface area contributed by atoms with E-state index in [0.29, 0.717) is 17.3 Å². The number of hydrogen-bond acceptors (Lipinski definition) is 4. The maximum Gasteiger partial charge on any atom is 0.145 e. The summed E-state index contributed by atoms with van der Waals surface area (Å²) >= 11 is 0. The number of aromatic nitrogens is 2. The molecule has 2 N–H and O–H groups in total. The van der Waals surface area contributed by atoms with Gasteiger partial charge in [-0.25, -0.2) is 0 Å². The van der Waals surface area contributed by atoms with Gasteiger partial charge in [-0.2, -0.15) is 10.4 Å². The number of ether oxygens (including phenoxy) is 1. The summed E-state index contributed by atoms with van der Waals surface area (Å²) in [6, 6.07) is 4.52. The molecule has 1 saturated carbocycles. The lowest BCUT2D eigenvalue weighted by Crippen LogP contribution is -2.53. The lowest BCUT2D eigenvalue weighted by molar-refractivity contribution is -0.176. The van der Waals surface area contributed by atoms with Crippen molar-refractivity contribution in [3.8, 4) is 6.07 Å². The third-order valence-corrected chi connectivity index (χ3v) is 4.17. The second kappa shape index (κ2) is 3.48. The van der Waals surface area contributed by atoms with Gasteiger partial charge < -0.3 is 10.5 Å². The van der Waals surface area contributed by atoms with Crippen LogP contribution >= 0.6 is 0 Å². The third kappa shape index (κ3) is 1.52. The van der Waals surface area contributed by atoms with Crippen molar-refractivity contribution in [3.05, 3.63) is 11.8 Å². The minimum Gasteiger partial charge on any atom is -0.382 e. The standard InChI is InChI=1S/C13H18N4O/c1-12(2,6-14)10-3-11(15)16-17(10)9-4-13(5-9)7-18-8-13/h3,9H,4-5,7-8H2,1-2H3,(H2,15,16). The van der Waals surface area contributed by atoms with Crippen LogP contribution in [0.4, 0.5) is 5.82 Å². The Morgan fingerprint density at radius 2 is 2.22 bits per heavy atom. The van der Waals surface area contributed by atoms with Crippen LogP contribution in [0.25, 0.3) is 0 Å². The third-order valence-electron chi connectivity index (χ3n) is 4.17. The summed E-state index contributed by atoms with van der Waals surface area (Å²) in [5, 5.41) is 13.6. The Bertz CT molecular complexity index is 514. The Morgan fingerprint density at radius 3 is 2.72 bits per heavy atom. The highest BCUT2D eigenvalue weighted by atomic mass is 16.5. The number of nitrogens with two attached hydrogens (primary N) is 1. The lowest BCUT2D eigenvalue weighted by Gasteiger charge is -2.53. The van der Waals surface area contributed by atoms with Crippen molar-refractivity contribution >= 4 is 5.82 Å². The molecule has 1 spiro atoms. The molecule has 1 saturated heterocycles. The molecule has 0 radical (unpaired) electrons. The first-order valence-corrected chi connectivity index (χ1v) is 6.30. The predicted molar refractivity (Wildman–Crippen MR) is 66.8 cm³/mol. The summed E-state index contributed by atoms with van der Waals surface area (Å²) in [5.41, 5.74) is 6.55. The van der Waals surface area contributed by atoms with Crippen LogP contribution in [0, 0.1) is 16.7 Å². The number of rotatable bonds is 2. The van der Waals surface area contributed by atoms with E-state index in [1.807, 2.05) is 24.6 Å². The highest BCUT2D eigenvalue weighted by Gasteiger charge is 2.51. The van der Waals surface area contributed by atoms with E-state index in [1.54, 1.807) is 0 Å². The molecule has 2 fully saturated rings. The zero-order chi connectivity index (χ0) is 13.0. The summed E-state index contributed by atoms with van der Waals surface area (Å²) in [6.07, 6.45) is 2.17. The van der Waals surface area contributed by atoms with Crippen molar-refractivity contribution in [2.24, 2.45) is 5.41 Å². The number of nitriles is 1. The minimum absolute atomic E-state index is 0.369. The topological polar surface area (TPSA) is 76.9 Å². The van der Waals surface area contributed by atoms with E-state index in [4.69, 9.17) is 10.5 Å². The maximum absolute atomic E-state index is 9.26. The van der Waals surface area contributed by atoms with E-state index >= 15 is 0 Å². The fourth-order valence-electron chi connectivity index (χ4n) is 2.96. The Morgan fingerprint density at radius 1 is 1.56 bits per heavy atom. The molecule has 96 valence electrons. The number of nitrogens with zero attached hydrogens (tertiary/aromatic N) is 3. The molecule has 1 aromatic heterocycles. The molecule has 0 atom stereocenters. The molecule has 1 aromatic rings. The predicted octanol–water partition coefficient (Wildman–Crippen LogP) is 1.62. The van der Waals surface area contributed by atoms with Crippen molar-refractivity contribution in [2.75, 3.05) is 18.9 Å². The van der Waals surface area contributed by atoms with Crippen LogP contribution in [0.1, 0.15) is 38.4 Å². The quantitative estimate of drug-likeness (QED) is 0.860. The van der Waals surface area contributed by atoms with Crippen molar-refractivity contribution < 1.29 is 4.74 Å². The second-order valence-electron chi connectivity index (χ2n) is 6.19. The molecular formula is C13H18N4O. The Labute approximate surface area is 107 Å². The molecule has 0 amide bonds. The van der Waals surface area contributed by atoms with E-state index in [1.165, 1.54) is 0 Å². The fraction of sp³-hybridized carbons (Fsp3) is 0.692. The van der Waals surface area contributed by atoms with Crippen LogP contribution in [0.3, 0.4) is 0 Å². The fourth-order valence-corrected chi connectivity index (χ4v) is 2.96. The number of anilines is 1. The van der Waals surface area contributed by atoms with Gasteiger partial charge in [-0.15, -0.1) is 0 Å². The maximum atomic E-state index is 9.26. The van der Waals surface area contributed by atoms with Crippen LogP contribution in [0.5, 0.6) is 0 Å². The van der Waals surface area contributed by atoms with Gasteiger partial charge in [-0.05, 0) is 26.7 Å². The first-order chi connectivity index (χ1) is 8.46. The van der Waals surface area contributed by atoms with Gasteiger partial charge in [0.05, 0.1) is 36.4 Å². The molecule has 2 aliphatic rings. The second-order valence-corrected chi connectivity index (χ2v) is 6.19. The SMILES string of the molecule is CC(C)(C#N)c1cc(N)nn1C1CC2(COC2)C1. The molecule has 3 rings (SSSR count). The molecule has 2 heterocycles. The normalized spacial score (nSPS) is 22.3. The average Bonchev–Trinajstić information content (AvgIpc) is 2.57. The molecule has 0 bridgehead atoms. The molecule has 5 nitrogen and oxygen atoms in total. The van der Waals surface area contributed by atoms with Gasteiger partial charge in [0.15, 0.2) is 0 Å². The van der Waals surface area contributed by atoms with Crippen LogP contribution in [0.15, 0.2) is 6.07 Å². The smallest absolute Gasteiger partial charge is 0.145 e. The summed E-state index contributed by atoms with van der Waals surface area (Å²) in [4.78, 5) is 0. The van der Waals surface area contributed by atoms with Crippen molar-refractivity contribution in [1.82, 2.24) is 9.78 Å². The van der Waals surface area contributed by atoms with Crippen molar-refractivity contribution in [2.45, 2.75) is 38.1 Å². The first-order valence-electron chi connectivity index (χ1n) is 6.30. The molecule has 5 heteroatoms. The summed E-state index contributed by atoms with van der Waals surface area (Å²) in [7, 11) is 0. The van der Waals surface area contributed by atoms with Crippen molar-refractivity contribution in [3.63, 3.8) is 0 Å². The molecular weight excluding hydrogens is 228 g/mol. The molecule has 1 aliphatic carbocycles. The monoisotopic (exact) mass is 246 g/mol. The first kappa shape index (κ1) is 11.5. The van der Waals surface area contributed by atoms with Crippen LogP contribution < -0.4 is 5.73 Å². The largest absolute Gasteiger partial charge is 0.382 e. The highest BCUT2D eigenvalue weighted by Crippen LogP contribution is 2.53. The van der Waals surface area contributed by atoms with E-state index in [2.05, 4.69) is 11.2 Å². The molecule has 0 aromatic carbocycles. The van der Waals surface area contributed by atoms with Gasteiger partial charge in [-0.3, -0.25) is 4.68 Å². The van der Waals surface area contributed by atoms with E-state index in [-0.39, 0.29) is 0 Å². The minimum atomic E-state index is -0.552. The zero-order valence-electron chi connectivity index (χ0n) is 10.8. The number of nitrogen functional groups attached to an aromatic ring is 1. The molecule has 1 aliphatic heterocycles. The van der Waals surface area contributed by atoms with Gasteiger partial charge in [0.25, 0.3) is 0 Å². The van der Waals surface area contributed by atoms with E-state index in [9.17, 15) is 5.26 Å². The highest BCUT2D eigenvalue weighted by molar-refractivity contribution is 5.36. The van der Waals surface area contributed by atoms with Gasteiger partial charge in [0, 0.05) is 11.5 Å². The zero-order valence-corrected chi connectivity index (χ0v) is 10.8. The van der Waals surface area contributed by atoms with Gasteiger partial charge in [-0.1, -0.05) is 0 Å². The summed E-state index contributed by atoms with van der Waals surface area (Å²) in [5.74, 6) is 0.499. The van der Waals surface area contributed by atoms with Gasteiger partial charge >= 0.3 is 0 Å². The lowest BCUT2D eigenvalue weighted by atomic mass is 9.64. The number of hydrogen-bond donors (Lipinski definition) is 1. The van der Waals surface area contributed by atoms with Crippen LogP contribution in [0.2, 0.25) is 0 Å². The van der Waals surface area contributed by atoms with E-state index < -0.39 is 5.41 Å². The van der Waals surface area contributed by atoms with Gasteiger partial charge in [0.1, 0.15) is 5.82 Å². The van der Waals surface area contributed by atoms with Crippen LogP contribution in [-0.4, -0.2) is 23.0 Å². The van der Waals surface area contributed by atoms with Crippen LogP contribution in [-0.2, 0) is 10.2 Å². The molecule has 18 heavy (non-hydrogen) atoms. The summed E-state index contributed by atoms with van der Waals surface area (Å²) < 4.78 is 7.24. The summed E-state index contributed by atoms with van der Waals surface area (Å²) in [6.45, 7) is 5.55.